The number of para-hydroxylation sites is 2. The number of benzene rings is 6. The largest absolute Gasteiger partial charge is 0.491 e. The second kappa shape index (κ2) is 21.1. The maximum atomic E-state index is 17.1. The molecule has 3 fully saturated rings. The number of amides is 4. The second-order valence-electron chi connectivity index (χ2n) is 19.7. The summed E-state index contributed by atoms with van der Waals surface area (Å²) in [5, 5.41) is 22.0. The minimum Gasteiger partial charge on any atom is -0.491 e. The molecule has 17 nitrogen and oxygen atoms in total. The Morgan fingerprint density at radius 2 is 1.47 bits per heavy atom. The van der Waals surface area contributed by atoms with Gasteiger partial charge in [-0.1, -0.05) is 138 Å². The number of hydrogen-bond donors (Lipinski definition) is 2. The third kappa shape index (κ3) is 8.64. The van der Waals surface area contributed by atoms with Crippen molar-refractivity contribution in [1.82, 2.24) is 40.1 Å². The average molecular weight is 1040 g/mol. The number of nitrogens with one attached hydrogen (secondary N) is 1. The highest BCUT2D eigenvalue weighted by Crippen LogP contribution is 2.67. The molecule has 0 bridgehead atoms. The fourth-order valence-corrected chi connectivity index (χ4v) is 12.0. The molecule has 7 unspecified atom stereocenters. The number of imide groups is 1. The first kappa shape index (κ1) is 49.6. The number of cyclic esters (lactones) is 1. The van der Waals surface area contributed by atoms with E-state index in [1.165, 1.54) is 0 Å². The lowest BCUT2D eigenvalue weighted by Crippen LogP contribution is -2.59. The Morgan fingerprint density at radius 1 is 0.795 bits per heavy atom. The molecule has 390 valence electrons. The van der Waals surface area contributed by atoms with Gasteiger partial charge in [0.1, 0.15) is 42.0 Å². The summed E-state index contributed by atoms with van der Waals surface area (Å²) in [5.41, 5.74) is 3.15. The molecule has 6 aromatic carbocycles. The zero-order valence-electron chi connectivity index (χ0n) is 42.6. The van der Waals surface area contributed by atoms with Crippen LogP contribution in [0.5, 0.6) is 5.75 Å². The van der Waals surface area contributed by atoms with Gasteiger partial charge in [-0.2, -0.15) is 0 Å². The zero-order valence-corrected chi connectivity index (χ0v) is 42.6. The molecule has 0 radical (unpaired) electrons. The zero-order chi connectivity index (χ0) is 53.3. The molecule has 78 heavy (non-hydrogen) atoms. The van der Waals surface area contributed by atoms with E-state index in [2.05, 4.69) is 37.4 Å². The van der Waals surface area contributed by atoms with E-state index < -0.39 is 65.4 Å². The summed E-state index contributed by atoms with van der Waals surface area (Å²) in [5.74, 6) is 3.95. The lowest BCUT2D eigenvalue weighted by molar-refractivity contribution is -0.179. The summed E-state index contributed by atoms with van der Waals surface area (Å²) < 4.78 is 14.9. The van der Waals surface area contributed by atoms with Gasteiger partial charge in [0, 0.05) is 49.7 Å². The molecule has 8 aromatic rings. The first-order chi connectivity index (χ1) is 38.3. The van der Waals surface area contributed by atoms with Crippen molar-refractivity contribution < 1.29 is 33.8 Å². The number of hydrogen-bond acceptors (Lipinski definition) is 13. The molecular weight excluding hydrogens is 985 g/mol. The molecular formula is C61H54N10O7. The SMILES string of the molecule is CC(NC(=O)N1C(=O)C2(c3cc(C#CCn4nnc5ccccc54)ccc31)C(C(=O)N1CCN(c3ncccn3)CC1)C1C(=O)OC(c3ccccc3)C(c3ccccc3)N1C2c1ccccc1OCCO)c1ccccc1. The van der Waals surface area contributed by atoms with Crippen LogP contribution in [-0.4, -0.2) is 109 Å². The Morgan fingerprint density at radius 3 is 2.22 bits per heavy atom. The van der Waals surface area contributed by atoms with Crippen LogP contribution >= 0.6 is 0 Å². The first-order valence-corrected chi connectivity index (χ1v) is 26.1. The number of piperazine rings is 1. The van der Waals surface area contributed by atoms with Crippen molar-refractivity contribution in [2.24, 2.45) is 5.92 Å². The van der Waals surface area contributed by atoms with Gasteiger partial charge in [0.15, 0.2) is 0 Å². The highest BCUT2D eigenvalue weighted by atomic mass is 16.6. The standard InChI is InChI=1S/C61H54N10O7/c1-40(42-18-5-2-6-19-42)64-60(76)70-48-29-28-41(17-15-32-69-49-26-13-12-25-47(49)65-66-69)39-46(48)61(58(70)75)51(56(73)67-33-35-68(36-34-67)59-62-30-16-31-63-59)53-57(74)78-54(44-22-9-4-10-23-44)52(43-20-7-3-8-21-43)71(53)55(61)45-24-11-14-27-50(45)77-38-37-72/h2-14,16,18-31,39-40,51-55,72H,32-38H2,1H3,(H,64,76). The van der Waals surface area contributed by atoms with Gasteiger partial charge in [0.2, 0.25) is 17.8 Å². The number of rotatable bonds is 11. The topological polar surface area (TPSA) is 188 Å². The molecule has 0 saturated carbocycles. The van der Waals surface area contributed by atoms with Crippen LogP contribution in [0.25, 0.3) is 11.0 Å². The van der Waals surface area contributed by atoms with E-state index in [0.29, 0.717) is 47.0 Å². The molecule has 6 heterocycles. The highest BCUT2D eigenvalue weighted by Gasteiger charge is 2.76. The highest BCUT2D eigenvalue weighted by molar-refractivity contribution is 6.25. The van der Waals surface area contributed by atoms with Crippen LogP contribution in [0.15, 0.2) is 176 Å². The Balaban J connectivity index is 1.11. The molecule has 2 N–H and O–H groups in total. The van der Waals surface area contributed by atoms with Crippen LogP contribution in [-0.2, 0) is 31.1 Å². The molecule has 2 aromatic heterocycles. The van der Waals surface area contributed by atoms with Crippen LogP contribution < -0.4 is 19.9 Å². The van der Waals surface area contributed by atoms with Crippen LogP contribution in [0.1, 0.15) is 64.5 Å². The summed E-state index contributed by atoms with van der Waals surface area (Å²) in [6.45, 7) is 2.69. The van der Waals surface area contributed by atoms with Gasteiger partial charge in [-0.3, -0.25) is 19.3 Å². The predicted octanol–water partition coefficient (Wildman–Crippen LogP) is 7.13. The number of aliphatic hydroxyl groups excluding tert-OH is 1. The Hall–Kier alpha value is -9.24. The number of nitrogens with zero attached hydrogens (tertiary/aromatic N) is 9. The molecule has 17 heteroatoms. The van der Waals surface area contributed by atoms with E-state index in [1.54, 1.807) is 58.4 Å². The van der Waals surface area contributed by atoms with Crippen LogP contribution in [0, 0.1) is 17.8 Å². The van der Waals surface area contributed by atoms with Crippen LogP contribution in [0.4, 0.5) is 16.4 Å². The number of aromatic nitrogens is 5. The average Bonchev–Trinajstić information content (AvgIpc) is 4.23. The number of ether oxygens (including phenoxy) is 2. The quantitative estimate of drug-likeness (QED) is 0.0985. The van der Waals surface area contributed by atoms with E-state index in [9.17, 15) is 5.11 Å². The Labute approximate surface area is 450 Å². The fraction of sp³-hybridized carbons (Fsp3) is 0.246. The molecule has 12 rings (SSSR count). The van der Waals surface area contributed by atoms with Crippen molar-refractivity contribution in [2.45, 2.75) is 49.2 Å². The minimum absolute atomic E-state index is 0.105. The Kier molecular flexibility index (Phi) is 13.4. The van der Waals surface area contributed by atoms with Crippen molar-refractivity contribution in [3.63, 3.8) is 0 Å². The number of carbonyl (C=O) groups excluding carboxylic acids is 4. The fourth-order valence-electron chi connectivity index (χ4n) is 12.0. The number of anilines is 2. The third-order valence-electron chi connectivity index (χ3n) is 15.4. The summed E-state index contributed by atoms with van der Waals surface area (Å²) >= 11 is 0. The van der Waals surface area contributed by atoms with Crippen LogP contribution in [0.2, 0.25) is 0 Å². The van der Waals surface area contributed by atoms with Gasteiger partial charge in [0.25, 0.3) is 0 Å². The van der Waals surface area contributed by atoms with E-state index in [1.807, 2.05) is 144 Å². The van der Waals surface area contributed by atoms with Gasteiger partial charge in [0.05, 0.1) is 41.9 Å². The lowest BCUT2D eigenvalue weighted by atomic mass is 9.64. The summed E-state index contributed by atoms with van der Waals surface area (Å²) in [6, 6.07) is 45.5. The van der Waals surface area contributed by atoms with E-state index >= 15 is 19.2 Å². The molecule has 7 atom stereocenters. The number of carbonyl (C=O) groups is 4. The smallest absolute Gasteiger partial charge is 0.329 e. The minimum atomic E-state index is -2.08. The molecule has 3 saturated heterocycles. The second-order valence-corrected chi connectivity index (χ2v) is 19.7. The summed E-state index contributed by atoms with van der Waals surface area (Å²) in [7, 11) is 0. The number of urea groups is 1. The molecule has 0 aliphatic carbocycles. The maximum Gasteiger partial charge on any atom is 0.329 e. The first-order valence-electron chi connectivity index (χ1n) is 26.1. The van der Waals surface area contributed by atoms with Crippen molar-refractivity contribution in [2.75, 3.05) is 49.2 Å². The van der Waals surface area contributed by atoms with E-state index in [0.717, 1.165) is 27.1 Å². The number of esters is 1. The lowest BCUT2D eigenvalue weighted by Gasteiger charge is -2.46. The van der Waals surface area contributed by atoms with Crippen molar-refractivity contribution in [3.8, 4) is 17.6 Å². The molecule has 4 aliphatic rings. The van der Waals surface area contributed by atoms with Gasteiger partial charge in [-0.05, 0) is 71.6 Å². The van der Waals surface area contributed by atoms with Gasteiger partial charge in [-0.15, -0.1) is 5.10 Å². The van der Waals surface area contributed by atoms with E-state index in [-0.39, 0.29) is 38.5 Å². The normalized spacial score (nSPS) is 22.1. The van der Waals surface area contributed by atoms with Crippen molar-refractivity contribution >= 4 is 46.5 Å². The number of fused-ring (bicyclic) bond motifs is 4. The summed E-state index contributed by atoms with van der Waals surface area (Å²) in [4.78, 5) is 80.7. The number of morpholine rings is 1. The third-order valence-corrected chi connectivity index (χ3v) is 15.4. The molecule has 4 aliphatic heterocycles. The molecule has 1 spiro atoms. The molecule has 4 amide bonds. The predicted molar refractivity (Wildman–Crippen MR) is 290 cm³/mol. The van der Waals surface area contributed by atoms with Crippen molar-refractivity contribution in [3.05, 3.63) is 210 Å². The van der Waals surface area contributed by atoms with Gasteiger partial charge < -0.3 is 29.7 Å². The summed E-state index contributed by atoms with van der Waals surface area (Å²) in [6.07, 6.45) is 2.39. The monoisotopic (exact) mass is 1040 g/mol. The van der Waals surface area contributed by atoms with Gasteiger partial charge in [-0.25, -0.2) is 24.3 Å². The van der Waals surface area contributed by atoms with Crippen LogP contribution in [0.3, 0.4) is 0 Å². The Bertz CT molecular complexity index is 3590. The maximum absolute atomic E-state index is 17.1. The number of aliphatic hydroxyl groups is 1. The van der Waals surface area contributed by atoms with E-state index in [4.69, 9.17) is 9.47 Å². The van der Waals surface area contributed by atoms with Crippen molar-refractivity contribution in [1.29, 1.82) is 0 Å². The van der Waals surface area contributed by atoms with Gasteiger partial charge >= 0.3 is 12.0 Å².